The highest BCUT2D eigenvalue weighted by atomic mass is 16.4. The van der Waals surface area contributed by atoms with Crippen LogP contribution in [0.15, 0.2) is 14.6 Å². The molecule has 0 unspecified atom stereocenters. The maximum Gasteiger partial charge on any atom is 0.284 e. The predicted octanol–water partition coefficient (Wildman–Crippen LogP) is 0.637. The molecule has 1 amide bonds. The summed E-state index contributed by atoms with van der Waals surface area (Å²) in [6.07, 6.45) is 1.40. The van der Waals surface area contributed by atoms with E-state index in [2.05, 4.69) is 24.1 Å². The lowest BCUT2D eigenvalue weighted by Gasteiger charge is -2.29. The average molecular weight is 277 g/mol. The Morgan fingerprint density at radius 2 is 1.90 bits per heavy atom. The molecule has 0 saturated heterocycles. The van der Waals surface area contributed by atoms with Crippen molar-refractivity contribution in [1.29, 1.82) is 0 Å². The lowest BCUT2D eigenvalue weighted by atomic mass is 9.75. The zero-order chi connectivity index (χ0) is 15.1. The SMILES string of the molecule is Cc1c(C(N)=O)oc2c1/C(=N\N=C(N)N)CC(C)(C)C2. The maximum atomic E-state index is 11.4. The molecule has 108 valence electrons. The van der Waals surface area contributed by atoms with Crippen molar-refractivity contribution in [2.24, 2.45) is 32.8 Å². The van der Waals surface area contributed by atoms with E-state index in [-0.39, 0.29) is 17.1 Å². The molecular formula is C13H19N5O2. The summed E-state index contributed by atoms with van der Waals surface area (Å²) in [4.78, 5) is 11.4. The van der Waals surface area contributed by atoms with Crippen LogP contribution in [0.4, 0.5) is 0 Å². The van der Waals surface area contributed by atoms with Crippen LogP contribution < -0.4 is 17.2 Å². The number of nitrogens with two attached hydrogens (primary N) is 3. The lowest BCUT2D eigenvalue weighted by Crippen LogP contribution is -2.27. The summed E-state index contributed by atoms with van der Waals surface area (Å²) < 4.78 is 5.60. The number of amides is 1. The van der Waals surface area contributed by atoms with Gasteiger partial charge in [0.05, 0.1) is 5.71 Å². The highest BCUT2D eigenvalue weighted by Gasteiger charge is 2.35. The van der Waals surface area contributed by atoms with Gasteiger partial charge in [0, 0.05) is 17.5 Å². The van der Waals surface area contributed by atoms with Gasteiger partial charge in [-0.1, -0.05) is 13.8 Å². The second kappa shape index (κ2) is 4.66. The van der Waals surface area contributed by atoms with E-state index >= 15 is 0 Å². The second-order valence-corrected chi connectivity index (χ2v) is 5.81. The molecule has 7 heteroatoms. The first-order valence-electron chi connectivity index (χ1n) is 6.29. The fraction of sp³-hybridized carbons (Fsp3) is 0.462. The van der Waals surface area contributed by atoms with Gasteiger partial charge in [-0.05, 0) is 18.8 Å². The third-order valence-electron chi connectivity index (χ3n) is 3.30. The molecule has 0 aliphatic heterocycles. The van der Waals surface area contributed by atoms with Crippen LogP contribution in [0.5, 0.6) is 0 Å². The molecule has 0 aromatic carbocycles. The molecule has 0 bridgehead atoms. The van der Waals surface area contributed by atoms with Crippen molar-refractivity contribution in [3.63, 3.8) is 0 Å². The van der Waals surface area contributed by atoms with E-state index in [0.717, 1.165) is 5.56 Å². The number of hydrogen-bond acceptors (Lipinski definition) is 4. The molecule has 0 radical (unpaired) electrons. The van der Waals surface area contributed by atoms with Crippen molar-refractivity contribution in [3.05, 3.63) is 22.6 Å². The summed E-state index contributed by atoms with van der Waals surface area (Å²) in [7, 11) is 0. The van der Waals surface area contributed by atoms with Gasteiger partial charge < -0.3 is 21.6 Å². The number of furan rings is 1. The van der Waals surface area contributed by atoms with Gasteiger partial charge in [-0.15, -0.1) is 5.10 Å². The summed E-state index contributed by atoms with van der Waals surface area (Å²) in [5, 5.41) is 7.81. The Bertz CT molecular complexity index is 621. The molecular weight excluding hydrogens is 258 g/mol. The maximum absolute atomic E-state index is 11.4. The molecule has 1 aliphatic rings. The minimum atomic E-state index is -0.587. The highest BCUT2D eigenvalue weighted by Crippen LogP contribution is 2.38. The van der Waals surface area contributed by atoms with Gasteiger partial charge in [0.15, 0.2) is 5.76 Å². The largest absolute Gasteiger partial charge is 0.455 e. The summed E-state index contributed by atoms with van der Waals surface area (Å²) in [6.45, 7) is 5.96. The standard InChI is InChI=1S/C13H19N5O2/c1-6-9-7(17-18-12(15)16)4-13(2,3)5-8(9)20-10(6)11(14)19/h4-5H2,1-3H3,(H2,14,19)(H4,15,16,18)/b17-7-. The number of carbonyl (C=O) groups is 1. The molecule has 20 heavy (non-hydrogen) atoms. The highest BCUT2D eigenvalue weighted by molar-refractivity contribution is 6.06. The second-order valence-electron chi connectivity index (χ2n) is 5.81. The van der Waals surface area contributed by atoms with E-state index in [1.165, 1.54) is 0 Å². The van der Waals surface area contributed by atoms with Crippen LogP contribution in [-0.4, -0.2) is 17.6 Å². The smallest absolute Gasteiger partial charge is 0.284 e. The van der Waals surface area contributed by atoms with Crippen molar-refractivity contribution < 1.29 is 9.21 Å². The third kappa shape index (κ3) is 2.52. The summed E-state index contributed by atoms with van der Waals surface area (Å²) in [5.41, 5.74) is 18.1. The zero-order valence-corrected chi connectivity index (χ0v) is 11.9. The van der Waals surface area contributed by atoms with E-state index in [1.807, 2.05) is 0 Å². The Labute approximate surface area is 116 Å². The fourth-order valence-corrected chi connectivity index (χ4v) is 2.55. The van der Waals surface area contributed by atoms with Gasteiger partial charge >= 0.3 is 0 Å². The zero-order valence-electron chi connectivity index (χ0n) is 11.9. The monoisotopic (exact) mass is 277 g/mol. The predicted molar refractivity (Wildman–Crippen MR) is 76.4 cm³/mol. The minimum Gasteiger partial charge on any atom is -0.455 e. The van der Waals surface area contributed by atoms with E-state index in [0.29, 0.717) is 29.9 Å². The van der Waals surface area contributed by atoms with E-state index < -0.39 is 5.91 Å². The normalized spacial score (nSPS) is 18.6. The summed E-state index contributed by atoms with van der Waals surface area (Å²) in [5.74, 6) is 0.178. The van der Waals surface area contributed by atoms with Crippen molar-refractivity contribution in [2.45, 2.75) is 33.6 Å². The van der Waals surface area contributed by atoms with Crippen molar-refractivity contribution in [1.82, 2.24) is 0 Å². The van der Waals surface area contributed by atoms with Crippen molar-refractivity contribution in [3.8, 4) is 0 Å². The van der Waals surface area contributed by atoms with Gasteiger partial charge in [0.1, 0.15) is 5.76 Å². The number of nitrogens with zero attached hydrogens (tertiary/aromatic N) is 2. The molecule has 0 fully saturated rings. The fourth-order valence-electron chi connectivity index (χ4n) is 2.55. The first-order valence-corrected chi connectivity index (χ1v) is 6.29. The first-order chi connectivity index (χ1) is 9.21. The van der Waals surface area contributed by atoms with Crippen LogP contribution in [0.2, 0.25) is 0 Å². The van der Waals surface area contributed by atoms with Crippen LogP contribution in [-0.2, 0) is 6.42 Å². The van der Waals surface area contributed by atoms with Gasteiger partial charge in [-0.3, -0.25) is 4.79 Å². The Balaban J connectivity index is 2.61. The molecule has 0 spiro atoms. The molecule has 7 nitrogen and oxygen atoms in total. The van der Waals surface area contributed by atoms with Gasteiger partial charge in [-0.2, -0.15) is 5.10 Å². The molecule has 1 aromatic rings. The number of rotatable bonds is 2. The Kier molecular flexibility index (Phi) is 3.29. The van der Waals surface area contributed by atoms with E-state index in [4.69, 9.17) is 21.6 Å². The Hall–Kier alpha value is -2.31. The van der Waals surface area contributed by atoms with Crippen LogP contribution in [0.25, 0.3) is 0 Å². The minimum absolute atomic E-state index is 0.0517. The van der Waals surface area contributed by atoms with Crippen molar-refractivity contribution >= 4 is 17.6 Å². The summed E-state index contributed by atoms with van der Waals surface area (Å²) >= 11 is 0. The van der Waals surface area contributed by atoms with Crippen LogP contribution in [0.3, 0.4) is 0 Å². The summed E-state index contributed by atoms with van der Waals surface area (Å²) in [6, 6.07) is 0. The topological polar surface area (TPSA) is 133 Å². The van der Waals surface area contributed by atoms with E-state index in [1.54, 1.807) is 6.92 Å². The van der Waals surface area contributed by atoms with Crippen LogP contribution >= 0.6 is 0 Å². The number of fused-ring (bicyclic) bond motifs is 1. The third-order valence-corrected chi connectivity index (χ3v) is 3.30. The average Bonchev–Trinajstić information content (AvgIpc) is 2.62. The number of guanidine groups is 1. The van der Waals surface area contributed by atoms with Crippen molar-refractivity contribution in [2.75, 3.05) is 0 Å². The van der Waals surface area contributed by atoms with Crippen LogP contribution in [0.1, 0.15) is 47.7 Å². The van der Waals surface area contributed by atoms with Gasteiger partial charge in [-0.25, -0.2) is 0 Å². The van der Waals surface area contributed by atoms with Gasteiger partial charge in [0.2, 0.25) is 5.96 Å². The molecule has 1 aromatic heterocycles. The van der Waals surface area contributed by atoms with Gasteiger partial charge in [0.25, 0.3) is 5.91 Å². The quantitative estimate of drug-likeness (QED) is 0.415. The number of primary amides is 1. The molecule has 6 N–H and O–H groups in total. The number of hydrogen-bond donors (Lipinski definition) is 3. The number of carbonyl (C=O) groups excluding carboxylic acids is 1. The van der Waals surface area contributed by atoms with E-state index in [9.17, 15) is 4.79 Å². The molecule has 2 rings (SSSR count). The molecule has 0 saturated carbocycles. The molecule has 1 heterocycles. The lowest BCUT2D eigenvalue weighted by molar-refractivity contribution is 0.0970. The molecule has 1 aliphatic carbocycles. The Morgan fingerprint density at radius 3 is 2.45 bits per heavy atom. The molecule has 0 atom stereocenters. The van der Waals surface area contributed by atoms with Crippen LogP contribution in [0, 0.1) is 12.3 Å². The first kappa shape index (κ1) is 14.1. The Morgan fingerprint density at radius 1 is 1.25 bits per heavy atom.